The maximum absolute atomic E-state index is 12.3. The summed E-state index contributed by atoms with van der Waals surface area (Å²) in [4.78, 5) is 47.2. The van der Waals surface area contributed by atoms with Gasteiger partial charge in [-0.05, 0) is 12.1 Å². The number of imide groups is 1. The van der Waals surface area contributed by atoms with Crippen LogP contribution >= 0.6 is 0 Å². The van der Waals surface area contributed by atoms with Crippen molar-refractivity contribution >= 4 is 17.5 Å². The highest BCUT2D eigenvalue weighted by Gasteiger charge is 2.36. The van der Waals surface area contributed by atoms with Crippen LogP contribution in [-0.2, 0) is 6.67 Å². The normalized spacial score (nSPS) is 13.4. The fourth-order valence-corrected chi connectivity index (χ4v) is 2.25. The molecule has 22 heavy (non-hydrogen) atoms. The molecular formula is C14H9N3O5. The molecule has 2 aromatic rings. The summed E-state index contributed by atoms with van der Waals surface area (Å²) < 4.78 is 1.20. The fourth-order valence-electron chi connectivity index (χ4n) is 2.25. The average Bonchev–Trinajstić information content (AvgIpc) is 2.74. The summed E-state index contributed by atoms with van der Waals surface area (Å²) in [5.74, 6) is -1.23. The summed E-state index contributed by atoms with van der Waals surface area (Å²) in [6.07, 6.45) is 1.45. The van der Waals surface area contributed by atoms with Crippen LogP contribution in [-0.4, -0.2) is 26.2 Å². The molecule has 1 aliphatic rings. The van der Waals surface area contributed by atoms with Crippen LogP contribution in [0.2, 0.25) is 0 Å². The predicted molar refractivity (Wildman–Crippen MR) is 74.3 cm³/mol. The summed E-state index contributed by atoms with van der Waals surface area (Å²) in [6, 6.07) is 7.95. The van der Waals surface area contributed by atoms with Crippen molar-refractivity contribution in [2.45, 2.75) is 6.67 Å². The van der Waals surface area contributed by atoms with Crippen molar-refractivity contribution in [2.75, 3.05) is 0 Å². The largest absolute Gasteiger partial charge is 0.297 e. The third-order valence-corrected chi connectivity index (χ3v) is 3.36. The van der Waals surface area contributed by atoms with Gasteiger partial charge in [-0.2, -0.15) is 0 Å². The molecule has 8 heteroatoms. The van der Waals surface area contributed by atoms with Gasteiger partial charge in [-0.25, -0.2) is 0 Å². The molecule has 1 aliphatic heterocycles. The lowest BCUT2D eigenvalue weighted by Gasteiger charge is -2.15. The Labute approximate surface area is 123 Å². The fraction of sp³-hybridized carbons (Fsp3) is 0.0714. The van der Waals surface area contributed by atoms with Crippen molar-refractivity contribution in [2.24, 2.45) is 0 Å². The zero-order chi connectivity index (χ0) is 15.9. The molecule has 0 fully saturated rings. The molecule has 8 nitrogen and oxygen atoms in total. The van der Waals surface area contributed by atoms with Crippen molar-refractivity contribution in [3.05, 3.63) is 74.2 Å². The summed E-state index contributed by atoms with van der Waals surface area (Å²) in [5, 5.41) is 10.8. The van der Waals surface area contributed by atoms with E-state index < -0.39 is 16.7 Å². The Balaban J connectivity index is 1.98. The van der Waals surface area contributed by atoms with E-state index in [-0.39, 0.29) is 29.0 Å². The number of nitrogens with zero attached hydrogens (tertiary/aromatic N) is 3. The molecule has 0 spiro atoms. The first kappa shape index (κ1) is 13.7. The van der Waals surface area contributed by atoms with Crippen molar-refractivity contribution < 1.29 is 14.5 Å². The van der Waals surface area contributed by atoms with Gasteiger partial charge in [-0.1, -0.05) is 6.07 Å². The van der Waals surface area contributed by atoms with Crippen molar-refractivity contribution in [1.82, 2.24) is 9.47 Å². The molecule has 0 saturated carbocycles. The SMILES string of the molecule is O=C1c2ccc([N+](=O)[O-])cc2C(=O)N1Cn1ccccc1=O. The lowest BCUT2D eigenvalue weighted by Crippen LogP contribution is -2.35. The van der Waals surface area contributed by atoms with E-state index in [1.54, 1.807) is 12.1 Å². The van der Waals surface area contributed by atoms with Crippen LogP contribution in [0.1, 0.15) is 20.7 Å². The molecule has 2 amide bonds. The molecule has 0 N–H and O–H groups in total. The average molecular weight is 299 g/mol. The predicted octanol–water partition coefficient (Wildman–Crippen LogP) is 1.01. The number of amides is 2. The van der Waals surface area contributed by atoms with Crippen molar-refractivity contribution in [3.63, 3.8) is 0 Å². The lowest BCUT2D eigenvalue weighted by molar-refractivity contribution is -0.384. The quantitative estimate of drug-likeness (QED) is 0.478. The number of rotatable bonds is 3. The van der Waals surface area contributed by atoms with Crippen LogP contribution in [0.15, 0.2) is 47.4 Å². The van der Waals surface area contributed by atoms with E-state index in [0.29, 0.717) is 0 Å². The number of carbonyl (C=O) groups excluding carboxylic acids is 2. The van der Waals surface area contributed by atoms with Gasteiger partial charge in [0.2, 0.25) is 0 Å². The van der Waals surface area contributed by atoms with Gasteiger partial charge in [0.25, 0.3) is 23.1 Å². The number of nitro groups is 1. The Morgan fingerprint density at radius 2 is 1.73 bits per heavy atom. The van der Waals surface area contributed by atoms with Gasteiger partial charge >= 0.3 is 0 Å². The van der Waals surface area contributed by atoms with Crippen LogP contribution in [0, 0.1) is 10.1 Å². The first-order valence-electron chi connectivity index (χ1n) is 6.29. The maximum Gasteiger partial charge on any atom is 0.270 e. The third-order valence-electron chi connectivity index (χ3n) is 3.36. The van der Waals surface area contributed by atoms with Crippen LogP contribution < -0.4 is 5.56 Å². The minimum atomic E-state index is -0.653. The van der Waals surface area contributed by atoms with Gasteiger partial charge in [0.1, 0.15) is 6.67 Å². The second-order valence-electron chi connectivity index (χ2n) is 4.68. The first-order valence-corrected chi connectivity index (χ1v) is 6.29. The Kier molecular flexibility index (Phi) is 3.06. The van der Waals surface area contributed by atoms with E-state index in [4.69, 9.17) is 0 Å². The van der Waals surface area contributed by atoms with E-state index in [2.05, 4.69) is 0 Å². The molecule has 0 unspecified atom stereocenters. The van der Waals surface area contributed by atoms with Gasteiger partial charge in [-0.3, -0.25) is 34.0 Å². The highest BCUT2D eigenvalue weighted by molar-refractivity contribution is 6.21. The molecule has 110 valence electrons. The molecule has 3 rings (SSSR count). The van der Waals surface area contributed by atoms with E-state index in [9.17, 15) is 24.5 Å². The van der Waals surface area contributed by atoms with Crippen LogP contribution in [0.5, 0.6) is 0 Å². The van der Waals surface area contributed by atoms with Gasteiger partial charge < -0.3 is 0 Å². The Hall–Kier alpha value is -3.29. The number of carbonyl (C=O) groups is 2. The minimum absolute atomic E-state index is 0.0248. The smallest absolute Gasteiger partial charge is 0.270 e. The first-order chi connectivity index (χ1) is 10.5. The van der Waals surface area contributed by atoms with Gasteiger partial charge in [0, 0.05) is 24.4 Å². The lowest BCUT2D eigenvalue weighted by atomic mass is 10.1. The molecule has 1 aromatic carbocycles. The number of aromatic nitrogens is 1. The molecule has 0 bridgehead atoms. The Bertz CT molecular complexity index is 871. The molecule has 0 aliphatic carbocycles. The topological polar surface area (TPSA) is 103 Å². The van der Waals surface area contributed by atoms with E-state index >= 15 is 0 Å². The van der Waals surface area contributed by atoms with Crippen molar-refractivity contribution in [3.8, 4) is 0 Å². The Morgan fingerprint density at radius 1 is 1.00 bits per heavy atom. The number of fused-ring (bicyclic) bond motifs is 1. The van der Waals surface area contributed by atoms with Crippen LogP contribution in [0.25, 0.3) is 0 Å². The number of non-ortho nitro benzene ring substituents is 1. The number of benzene rings is 1. The van der Waals surface area contributed by atoms with Crippen LogP contribution in [0.4, 0.5) is 5.69 Å². The minimum Gasteiger partial charge on any atom is -0.297 e. The van der Waals surface area contributed by atoms with E-state index in [1.165, 1.54) is 29.0 Å². The van der Waals surface area contributed by atoms with E-state index in [0.717, 1.165) is 11.0 Å². The van der Waals surface area contributed by atoms with E-state index in [1.807, 2.05) is 0 Å². The van der Waals surface area contributed by atoms with Gasteiger partial charge in [-0.15, -0.1) is 0 Å². The summed E-state index contributed by atoms with van der Waals surface area (Å²) in [5.41, 5.74) is -0.550. The highest BCUT2D eigenvalue weighted by Crippen LogP contribution is 2.26. The number of pyridine rings is 1. The summed E-state index contributed by atoms with van der Waals surface area (Å²) in [7, 11) is 0. The molecular weight excluding hydrogens is 290 g/mol. The second kappa shape index (κ2) is 4.92. The van der Waals surface area contributed by atoms with Gasteiger partial charge in [0.05, 0.1) is 16.1 Å². The number of hydrogen-bond acceptors (Lipinski definition) is 5. The summed E-state index contributed by atoms with van der Waals surface area (Å²) >= 11 is 0. The monoisotopic (exact) mass is 299 g/mol. The molecule has 0 radical (unpaired) electrons. The zero-order valence-corrected chi connectivity index (χ0v) is 11.1. The standard InChI is InChI=1S/C14H9N3O5/c18-12-3-1-2-6-15(12)8-16-13(19)10-5-4-9(17(21)22)7-11(10)14(16)20/h1-7H,8H2. The second-order valence-corrected chi connectivity index (χ2v) is 4.68. The molecule has 1 aromatic heterocycles. The van der Waals surface area contributed by atoms with Crippen LogP contribution in [0.3, 0.4) is 0 Å². The maximum atomic E-state index is 12.3. The molecule has 0 saturated heterocycles. The number of nitro benzene ring substituents is 1. The molecule has 2 heterocycles. The summed E-state index contributed by atoms with van der Waals surface area (Å²) in [6.45, 7) is -0.236. The molecule has 0 atom stereocenters. The zero-order valence-electron chi connectivity index (χ0n) is 11.1. The highest BCUT2D eigenvalue weighted by atomic mass is 16.6. The third kappa shape index (κ3) is 2.06. The van der Waals surface area contributed by atoms with Gasteiger partial charge in [0.15, 0.2) is 0 Å². The number of hydrogen-bond donors (Lipinski definition) is 0. The Morgan fingerprint density at radius 3 is 2.41 bits per heavy atom. The van der Waals surface area contributed by atoms with Crippen molar-refractivity contribution in [1.29, 1.82) is 0 Å².